The highest BCUT2D eigenvalue weighted by molar-refractivity contribution is 6.30. The summed E-state index contributed by atoms with van der Waals surface area (Å²) in [4.78, 5) is 0. The second kappa shape index (κ2) is 4.18. The van der Waals surface area contributed by atoms with Gasteiger partial charge in [-0.15, -0.1) is 0 Å². The van der Waals surface area contributed by atoms with Gasteiger partial charge in [-0.2, -0.15) is 0 Å². The van der Waals surface area contributed by atoms with Crippen LogP contribution in [-0.2, 0) is 0 Å². The molecule has 0 spiro atoms. The van der Waals surface area contributed by atoms with Crippen molar-refractivity contribution >= 4 is 22.5 Å². The predicted molar refractivity (Wildman–Crippen MR) is 77.8 cm³/mol. The molecule has 1 heterocycles. The van der Waals surface area contributed by atoms with Gasteiger partial charge in [0.15, 0.2) is 0 Å². The largest absolute Gasteiger partial charge is 0.314 e. The molecule has 3 aromatic rings. The van der Waals surface area contributed by atoms with Gasteiger partial charge >= 0.3 is 0 Å². The summed E-state index contributed by atoms with van der Waals surface area (Å²) in [7, 11) is 0. The topological polar surface area (TPSA) is 4.93 Å². The van der Waals surface area contributed by atoms with Crippen LogP contribution in [0, 0.1) is 13.8 Å². The zero-order chi connectivity index (χ0) is 12.7. The first-order chi connectivity index (χ1) is 8.65. The number of hydrogen-bond donors (Lipinski definition) is 0. The van der Waals surface area contributed by atoms with Crippen LogP contribution in [0.25, 0.3) is 16.6 Å². The van der Waals surface area contributed by atoms with E-state index in [2.05, 4.69) is 54.8 Å². The fraction of sp³-hybridized carbons (Fsp3) is 0.125. The molecule has 2 heteroatoms. The van der Waals surface area contributed by atoms with Crippen LogP contribution >= 0.6 is 11.6 Å². The molecule has 0 fully saturated rings. The van der Waals surface area contributed by atoms with Crippen LogP contribution in [0.15, 0.2) is 48.5 Å². The normalized spacial score (nSPS) is 11.1. The number of rotatable bonds is 1. The molecule has 3 rings (SSSR count). The van der Waals surface area contributed by atoms with Gasteiger partial charge in [-0.3, -0.25) is 0 Å². The van der Waals surface area contributed by atoms with Crippen molar-refractivity contribution in [3.05, 3.63) is 64.8 Å². The van der Waals surface area contributed by atoms with E-state index in [0.29, 0.717) is 0 Å². The van der Waals surface area contributed by atoms with Gasteiger partial charge in [0.1, 0.15) is 0 Å². The second-order valence-corrected chi connectivity index (χ2v) is 5.10. The lowest BCUT2D eigenvalue weighted by Gasteiger charge is -2.08. The van der Waals surface area contributed by atoms with E-state index in [1.165, 1.54) is 22.2 Å². The highest BCUT2D eigenvalue weighted by Gasteiger charge is 2.07. The van der Waals surface area contributed by atoms with Crippen molar-refractivity contribution in [2.45, 2.75) is 13.8 Å². The van der Waals surface area contributed by atoms with Gasteiger partial charge in [0.2, 0.25) is 0 Å². The Labute approximate surface area is 112 Å². The first kappa shape index (κ1) is 11.4. The third kappa shape index (κ3) is 1.81. The quantitative estimate of drug-likeness (QED) is 0.583. The van der Waals surface area contributed by atoms with Crippen molar-refractivity contribution in [2.24, 2.45) is 0 Å². The van der Waals surface area contributed by atoms with Gasteiger partial charge in [0, 0.05) is 21.8 Å². The molecule has 0 aliphatic rings. The number of aromatic nitrogens is 1. The van der Waals surface area contributed by atoms with Crippen LogP contribution in [0.1, 0.15) is 11.3 Å². The van der Waals surface area contributed by atoms with Crippen molar-refractivity contribution in [1.82, 2.24) is 4.57 Å². The molecule has 2 aromatic carbocycles. The monoisotopic (exact) mass is 255 g/mol. The molecule has 0 aliphatic carbocycles. The number of benzene rings is 2. The molecule has 0 saturated carbocycles. The van der Waals surface area contributed by atoms with Crippen LogP contribution in [0.3, 0.4) is 0 Å². The standard InChI is InChI=1S/C16H14ClN/c1-11-3-4-13-10-12(2)18(16(13)9-11)15-7-5-14(17)6-8-15/h3-10H,1-2H3. The second-order valence-electron chi connectivity index (χ2n) is 4.66. The Morgan fingerprint density at radius 3 is 2.33 bits per heavy atom. The lowest BCUT2D eigenvalue weighted by atomic mass is 10.2. The highest BCUT2D eigenvalue weighted by Crippen LogP contribution is 2.25. The minimum atomic E-state index is 0.768. The molecule has 18 heavy (non-hydrogen) atoms. The maximum absolute atomic E-state index is 5.95. The highest BCUT2D eigenvalue weighted by atomic mass is 35.5. The third-order valence-electron chi connectivity index (χ3n) is 3.23. The fourth-order valence-corrected chi connectivity index (χ4v) is 2.51. The van der Waals surface area contributed by atoms with E-state index in [1.807, 2.05) is 12.1 Å². The number of halogens is 1. The average Bonchev–Trinajstić information content (AvgIpc) is 2.66. The van der Waals surface area contributed by atoms with Gasteiger partial charge < -0.3 is 4.57 Å². The van der Waals surface area contributed by atoms with Crippen LogP contribution in [-0.4, -0.2) is 4.57 Å². The van der Waals surface area contributed by atoms with Crippen molar-refractivity contribution in [3.8, 4) is 5.69 Å². The Morgan fingerprint density at radius 1 is 0.889 bits per heavy atom. The lowest BCUT2D eigenvalue weighted by molar-refractivity contribution is 1.05. The smallest absolute Gasteiger partial charge is 0.0533 e. The fourth-order valence-electron chi connectivity index (χ4n) is 2.38. The van der Waals surface area contributed by atoms with E-state index in [9.17, 15) is 0 Å². The summed E-state index contributed by atoms with van der Waals surface area (Å²) >= 11 is 5.95. The van der Waals surface area contributed by atoms with Gasteiger partial charge in [0.05, 0.1) is 5.52 Å². The van der Waals surface area contributed by atoms with Crippen LogP contribution in [0.4, 0.5) is 0 Å². The Kier molecular flexibility index (Phi) is 2.64. The molecule has 0 bridgehead atoms. The van der Waals surface area contributed by atoms with Crippen LogP contribution < -0.4 is 0 Å². The molecular weight excluding hydrogens is 242 g/mol. The SMILES string of the molecule is Cc1ccc2cc(C)n(-c3ccc(Cl)cc3)c2c1. The Balaban J connectivity index is 2.30. The summed E-state index contributed by atoms with van der Waals surface area (Å²) in [5, 5.41) is 2.04. The predicted octanol–water partition coefficient (Wildman–Crippen LogP) is 4.90. The number of fused-ring (bicyclic) bond motifs is 1. The Morgan fingerprint density at radius 2 is 1.61 bits per heavy atom. The zero-order valence-electron chi connectivity index (χ0n) is 10.4. The van der Waals surface area contributed by atoms with E-state index < -0.39 is 0 Å². The molecule has 0 saturated heterocycles. The molecule has 0 unspecified atom stereocenters. The Bertz CT molecular complexity index is 708. The first-order valence-electron chi connectivity index (χ1n) is 6.00. The van der Waals surface area contributed by atoms with E-state index in [-0.39, 0.29) is 0 Å². The van der Waals surface area contributed by atoms with Gasteiger partial charge in [-0.25, -0.2) is 0 Å². The average molecular weight is 256 g/mol. The first-order valence-corrected chi connectivity index (χ1v) is 6.37. The molecule has 1 nitrogen and oxygen atoms in total. The molecule has 0 atom stereocenters. The van der Waals surface area contributed by atoms with E-state index >= 15 is 0 Å². The van der Waals surface area contributed by atoms with E-state index in [4.69, 9.17) is 11.6 Å². The Hall–Kier alpha value is -1.73. The summed E-state index contributed by atoms with van der Waals surface area (Å²) in [5.74, 6) is 0. The number of nitrogens with zero attached hydrogens (tertiary/aromatic N) is 1. The summed E-state index contributed by atoms with van der Waals surface area (Å²) in [5.41, 5.74) is 4.90. The van der Waals surface area contributed by atoms with Gasteiger partial charge in [-0.05, 0) is 55.8 Å². The van der Waals surface area contributed by atoms with Crippen LogP contribution in [0.5, 0.6) is 0 Å². The molecule has 0 N–H and O–H groups in total. The van der Waals surface area contributed by atoms with Crippen molar-refractivity contribution in [2.75, 3.05) is 0 Å². The van der Waals surface area contributed by atoms with Crippen LogP contribution in [0.2, 0.25) is 5.02 Å². The van der Waals surface area contributed by atoms with Crippen molar-refractivity contribution < 1.29 is 0 Å². The van der Waals surface area contributed by atoms with Gasteiger partial charge in [0.25, 0.3) is 0 Å². The van der Waals surface area contributed by atoms with Gasteiger partial charge in [-0.1, -0.05) is 23.7 Å². The third-order valence-corrected chi connectivity index (χ3v) is 3.48. The summed E-state index contributed by atoms with van der Waals surface area (Å²) < 4.78 is 2.26. The number of aryl methyl sites for hydroxylation is 2. The summed E-state index contributed by atoms with van der Waals surface area (Å²) in [6, 6.07) is 16.7. The minimum absolute atomic E-state index is 0.768. The maximum atomic E-state index is 5.95. The van der Waals surface area contributed by atoms with E-state index in [0.717, 1.165) is 10.7 Å². The van der Waals surface area contributed by atoms with E-state index in [1.54, 1.807) is 0 Å². The zero-order valence-corrected chi connectivity index (χ0v) is 11.2. The summed E-state index contributed by atoms with van der Waals surface area (Å²) in [6.45, 7) is 4.25. The van der Waals surface area contributed by atoms with Crippen molar-refractivity contribution in [1.29, 1.82) is 0 Å². The molecule has 0 amide bonds. The minimum Gasteiger partial charge on any atom is -0.314 e. The molecule has 0 radical (unpaired) electrons. The lowest BCUT2D eigenvalue weighted by Crippen LogP contribution is -1.95. The summed E-state index contributed by atoms with van der Waals surface area (Å²) in [6.07, 6.45) is 0. The molecule has 90 valence electrons. The molecule has 0 aliphatic heterocycles. The number of hydrogen-bond acceptors (Lipinski definition) is 0. The molecular formula is C16H14ClN. The van der Waals surface area contributed by atoms with Crippen molar-refractivity contribution in [3.63, 3.8) is 0 Å². The molecule has 1 aromatic heterocycles. The maximum Gasteiger partial charge on any atom is 0.0533 e.